The van der Waals surface area contributed by atoms with Crippen LogP contribution in [0.5, 0.6) is 0 Å². The molecule has 0 aliphatic carbocycles. The van der Waals surface area contributed by atoms with Gasteiger partial charge in [-0.2, -0.15) is 0 Å². The van der Waals surface area contributed by atoms with Gasteiger partial charge in [0.2, 0.25) is 5.91 Å². The van der Waals surface area contributed by atoms with Crippen molar-refractivity contribution in [3.8, 4) is 0 Å². The van der Waals surface area contributed by atoms with Crippen LogP contribution in [0.15, 0.2) is 34.6 Å². The van der Waals surface area contributed by atoms with Crippen molar-refractivity contribution in [1.29, 1.82) is 0 Å². The van der Waals surface area contributed by atoms with E-state index in [1.807, 2.05) is 23.1 Å². The number of rotatable bonds is 7. The molecule has 1 unspecified atom stereocenters. The first-order valence-corrected chi connectivity index (χ1v) is 12.7. The van der Waals surface area contributed by atoms with Crippen molar-refractivity contribution in [1.82, 2.24) is 19.7 Å². The van der Waals surface area contributed by atoms with Gasteiger partial charge in [0.25, 0.3) is 5.56 Å². The molecule has 188 valence electrons. The molecule has 9 nitrogen and oxygen atoms in total. The summed E-state index contributed by atoms with van der Waals surface area (Å²) in [6, 6.07) is 3.61. The molecule has 0 radical (unpaired) electrons. The van der Waals surface area contributed by atoms with Crippen LogP contribution < -0.4 is 15.8 Å². The molecular formula is C26H29N5O4S. The minimum absolute atomic E-state index is 0.0601. The number of carbonyl (C=O) groups excluding carboxylic acids is 1. The number of carboxylic acid groups (broad SMARTS) is 1. The number of piperidine rings is 1. The first-order valence-electron chi connectivity index (χ1n) is 11.8. The number of aromatic nitrogens is 3. The Morgan fingerprint density at radius 2 is 2.06 bits per heavy atom. The van der Waals surface area contributed by atoms with Crippen LogP contribution in [0.3, 0.4) is 0 Å². The van der Waals surface area contributed by atoms with Crippen LogP contribution in [0.4, 0.5) is 5.82 Å². The van der Waals surface area contributed by atoms with Gasteiger partial charge in [-0.3, -0.25) is 14.0 Å². The third kappa shape index (κ3) is 5.54. The topological polar surface area (TPSA) is 117 Å². The van der Waals surface area contributed by atoms with Crippen LogP contribution in [0.2, 0.25) is 0 Å². The van der Waals surface area contributed by atoms with Crippen molar-refractivity contribution in [2.24, 2.45) is 5.92 Å². The van der Waals surface area contributed by atoms with E-state index in [0.29, 0.717) is 30.5 Å². The summed E-state index contributed by atoms with van der Waals surface area (Å²) in [5.74, 6) is -0.705. The highest BCUT2D eigenvalue weighted by atomic mass is 32.1. The molecule has 1 amide bonds. The number of fused-ring (bicyclic) bond motifs is 1. The van der Waals surface area contributed by atoms with Crippen LogP contribution in [0, 0.1) is 5.92 Å². The first-order chi connectivity index (χ1) is 17.3. The molecule has 2 N–H and O–H groups in total. The maximum atomic E-state index is 13.4. The van der Waals surface area contributed by atoms with Gasteiger partial charge >= 0.3 is 5.97 Å². The number of hydrogen-bond acceptors (Lipinski definition) is 7. The number of carboxylic acids is 1. The molecule has 1 atom stereocenters. The average Bonchev–Trinajstić information content (AvgIpc) is 3.35. The Balaban J connectivity index is 1.75. The minimum Gasteiger partial charge on any atom is -0.478 e. The van der Waals surface area contributed by atoms with E-state index < -0.39 is 5.97 Å². The standard InChI is InChI=1S/C26H29N5O4S/c1-16(2)20-15-36-22(28-20)8-6-17-10-12-31-21(13-17)29-24(19(26(31)35)7-9-23(32)33)30-11-4-5-18(14-30)25(34)27-3/h6-10,12-13,15-16,18H,4-5,11,14H2,1-3H3,(H,27,34)(H,32,33)/b8-6+,9-7+. The second kappa shape index (κ2) is 10.9. The number of hydrogen-bond donors (Lipinski definition) is 2. The number of pyridine rings is 1. The molecule has 36 heavy (non-hydrogen) atoms. The second-order valence-corrected chi connectivity index (χ2v) is 9.90. The summed E-state index contributed by atoms with van der Waals surface area (Å²) in [7, 11) is 1.60. The van der Waals surface area contributed by atoms with Crippen molar-refractivity contribution < 1.29 is 14.7 Å². The van der Waals surface area contributed by atoms with E-state index in [0.717, 1.165) is 35.2 Å². The first kappa shape index (κ1) is 25.3. The number of anilines is 1. The zero-order chi connectivity index (χ0) is 25.8. The summed E-state index contributed by atoms with van der Waals surface area (Å²) in [5.41, 5.74) is 2.15. The fraction of sp³-hybridized carbons (Fsp3) is 0.346. The summed E-state index contributed by atoms with van der Waals surface area (Å²) < 4.78 is 1.41. The lowest BCUT2D eigenvalue weighted by atomic mass is 9.97. The fourth-order valence-electron chi connectivity index (χ4n) is 4.20. The lowest BCUT2D eigenvalue weighted by Crippen LogP contribution is -2.43. The zero-order valence-electron chi connectivity index (χ0n) is 20.5. The molecule has 10 heteroatoms. The predicted octanol–water partition coefficient (Wildman–Crippen LogP) is 3.51. The third-order valence-electron chi connectivity index (χ3n) is 6.15. The highest BCUT2D eigenvalue weighted by Crippen LogP contribution is 2.26. The number of carbonyl (C=O) groups is 2. The van der Waals surface area contributed by atoms with Crippen LogP contribution in [-0.4, -0.2) is 51.5 Å². The Labute approximate surface area is 212 Å². The number of aliphatic carboxylic acids is 1. The van der Waals surface area contributed by atoms with E-state index in [1.165, 1.54) is 10.5 Å². The lowest BCUT2D eigenvalue weighted by molar-refractivity contribution is -0.131. The summed E-state index contributed by atoms with van der Waals surface area (Å²) >= 11 is 1.57. The normalized spacial score (nSPS) is 16.4. The van der Waals surface area contributed by atoms with E-state index >= 15 is 0 Å². The number of nitrogens with one attached hydrogen (secondary N) is 1. The van der Waals surface area contributed by atoms with Gasteiger partial charge in [0.05, 0.1) is 17.2 Å². The Bertz CT molecular complexity index is 1410. The Kier molecular flexibility index (Phi) is 7.64. The molecule has 0 bridgehead atoms. The average molecular weight is 508 g/mol. The molecule has 1 saturated heterocycles. The third-order valence-corrected chi connectivity index (χ3v) is 6.98. The maximum Gasteiger partial charge on any atom is 0.328 e. The van der Waals surface area contributed by atoms with Crippen LogP contribution in [0.25, 0.3) is 23.9 Å². The van der Waals surface area contributed by atoms with Crippen molar-refractivity contribution in [3.63, 3.8) is 0 Å². The van der Waals surface area contributed by atoms with E-state index in [1.54, 1.807) is 30.6 Å². The van der Waals surface area contributed by atoms with E-state index in [4.69, 9.17) is 10.1 Å². The monoisotopic (exact) mass is 507 g/mol. The number of amides is 1. The largest absolute Gasteiger partial charge is 0.478 e. The molecule has 0 aromatic carbocycles. The molecule has 4 heterocycles. The van der Waals surface area contributed by atoms with Gasteiger partial charge < -0.3 is 15.3 Å². The molecule has 0 saturated carbocycles. The van der Waals surface area contributed by atoms with Gasteiger partial charge in [-0.25, -0.2) is 14.8 Å². The van der Waals surface area contributed by atoms with Gasteiger partial charge in [-0.15, -0.1) is 11.3 Å². The summed E-state index contributed by atoms with van der Waals surface area (Å²) in [4.78, 5) is 48.1. The highest BCUT2D eigenvalue weighted by Gasteiger charge is 2.28. The van der Waals surface area contributed by atoms with Crippen molar-refractivity contribution in [2.75, 3.05) is 25.0 Å². The molecule has 3 aromatic heterocycles. The number of thiazole rings is 1. The van der Waals surface area contributed by atoms with Crippen molar-refractivity contribution in [2.45, 2.75) is 32.6 Å². The minimum atomic E-state index is -1.16. The quantitative estimate of drug-likeness (QED) is 0.470. The van der Waals surface area contributed by atoms with Crippen molar-refractivity contribution in [3.05, 3.63) is 62.0 Å². The fourth-order valence-corrected chi connectivity index (χ4v) is 5.07. The van der Waals surface area contributed by atoms with E-state index in [-0.39, 0.29) is 22.9 Å². The maximum absolute atomic E-state index is 13.4. The molecule has 4 rings (SSSR count). The Morgan fingerprint density at radius 1 is 1.25 bits per heavy atom. The Hall–Kier alpha value is -3.79. The summed E-state index contributed by atoms with van der Waals surface area (Å²) in [5, 5.41) is 14.8. The molecule has 0 spiro atoms. The van der Waals surface area contributed by atoms with Gasteiger partial charge in [-0.1, -0.05) is 19.9 Å². The Morgan fingerprint density at radius 3 is 2.75 bits per heavy atom. The SMILES string of the molecule is CNC(=O)C1CCCN(c2nc3cc(/C=C/c4nc(C(C)C)cs4)ccn3c(=O)c2/C=C/C(=O)O)C1. The zero-order valence-corrected chi connectivity index (χ0v) is 21.3. The smallest absolute Gasteiger partial charge is 0.328 e. The van der Waals surface area contributed by atoms with Crippen LogP contribution >= 0.6 is 11.3 Å². The van der Waals surface area contributed by atoms with Gasteiger partial charge in [0, 0.05) is 37.8 Å². The van der Waals surface area contributed by atoms with Gasteiger partial charge in [-0.05, 0) is 48.6 Å². The molecule has 3 aromatic rings. The van der Waals surface area contributed by atoms with E-state index in [2.05, 4.69) is 29.5 Å². The second-order valence-electron chi connectivity index (χ2n) is 9.01. The molecule has 1 aliphatic rings. The molecule has 1 aliphatic heterocycles. The van der Waals surface area contributed by atoms with Crippen molar-refractivity contribution >= 4 is 52.9 Å². The molecular weight excluding hydrogens is 478 g/mol. The highest BCUT2D eigenvalue weighted by molar-refractivity contribution is 7.10. The summed E-state index contributed by atoms with van der Waals surface area (Å²) in [6.07, 6.45) is 9.22. The van der Waals surface area contributed by atoms with E-state index in [9.17, 15) is 14.4 Å². The van der Waals surface area contributed by atoms with Gasteiger partial charge in [0.1, 0.15) is 16.5 Å². The predicted molar refractivity (Wildman–Crippen MR) is 142 cm³/mol. The lowest BCUT2D eigenvalue weighted by Gasteiger charge is -2.33. The van der Waals surface area contributed by atoms with Crippen LogP contribution in [0.1, 0.15) is 54.4 Å². The van der Waals surface area contributed by atoms with Crippen LogP contribution in [-0.2, 0) is 9.59 Å². The summed E-state index contributed by atoms with van der Waals surface area (Å²) in [6.45, 7) is 5.22. The van der Waals surface area contributed by atoms with Gasteiger partial charge in [0.15, 0.2) is 0 Å². The number of nitrogens with zero attached hydrogens (tertiary/aromatic N) is 4. The molecule has 1 fully saturated rings.